The lowest BCUT2D eigenvalue weighted by Crippen LogP contribution is -2.40. The topological polar surface area (TPSA) is 145 Å². The Hall–Kier alpha value is -4.78. The lowest BCUT2D eigenvalue weighted by Gasteiger charge is -2.19. The van der Waals surface area contributed by atoms with Crippen molar-refractivity contribution in [2.45, 2.75) is 44.8 Å². The van der Waals surface area contributed by atoms with Gasteiger partial charge in [-0.2, -0.15) is 11.8 Å². The molecule has 5 rings (SSSR count). The van der Waals surface area contributed by atoms with E-state index in [0.29, 0.717) is 64.9 Å². The highest BCUT2D eigenvalue weighted by molar-refractivity contribution is 7.98. The molecule has 242 valence electrons. The van der Waals surface area contributed by atoms with Crippen molar-refractivity contribution in [3.05, 3.63) is 75.8 Å². The first-order chi connectivity index (χ1) is 22.3. The molecule has 2 atom stereocenters. The number of nitrogens with zero attached hydrogens (tertiary/aromatic N) is 3. The fourth-order valence-electron chi connectivity index (χ4n) is 5.82. The number of thioether (sulfide) groups is 1. The van der Waals surface area contributed by atoms with Gasteiger partial charge in [-0.25, -0.2) is 0 Å². The Balaban J connectivity index is 1.54. The van der Waals surface area contributed by atoms with Crippen LogP contribution in [0.2, 0.25) is 0 Å². The number of nitrogens with one attached hydrogen (secondary N) is 3. The van der Waals surface area contributed by atoms with Gasteiger partial charge >= 0.3 is 0 Å². The molecule has 0 saturated carbocycles. The molecule has 0 bridgehead atoms. The van der Waals surface area contributed by atoms with E-state index >= 15 is 0 Å². The number of aromatic nitrogens is 3. The number of amides is 2. The summed E-state index contributed by atoms with van der Waals surface area (Å²) in [5, 5.41) is 17.5. The van der Waals surface area contributed by atoms with Gasteiger partial charge in [-0.3, -0.25) is 18.8 Å². The predicted molar refractivity (Wildman–Crippen MR) is 178 cm³/mol. The lowest BCUT2D eigenvalue weighted by atomic mass is 9.95. The molecule has 2 amide bonds. The third-order valence-electron chi connectivity index (χ3n) is 7.98. The molecule has 13 heteroatoms. The molecule has 0 spiro atoms. The minimum atomic E-state index is -0.695. The number of benzene rings is 1. The van der Waals surface area contributed by atoms with Gasteiger partial charge < -0.3 is 30.2 Å². The molecule has 0 unspecified atom stereocenters. The van der Waals surface area contributed by atoms with Crippen LogP contribution in [0, 0.1) is 0 Å². The Labute approximate surface area is 271 Å². The number of rotatable bonds is 12. The molecule has 4 aromatic rings. The Morgan fingerprint density at radius 2 is 1.87 bits per heavy atom. The highest BCUT2D eigenvalue weighted by atomic mass is 32.2. The van der Waals surface area contributed by atoms with Gasteiger partial charge in [-0.05, 0) is 78.3 Å². The molecule has 2 aromatic heterocycles. The van der Waals surface area contributed by atoms with Crippen molar-refractivity contribution in [3.63, 3.8) is 0 Å². The summed E-state index contributed by atoms with van der Waals surface area (Å²) in [6, 6.07) is 11.4. The van der Waals surface area contributed by atoms with Crippen molar-refractivity contribution >= 4 is 34.9 Å². The molecule has 0 fully saturated rings. The quantitative estimate of drug-likeness (QED) is 0.208. The lowest BCUT2D eigenvalue weighted by molar-refractivity contribution is -0.122. The number of methoxy groups -OCH3 is 3. The molecule has 1 aliphatic carbocycles. The van der Waals surface area contributed by atoms with Crippen LogP contribution in [0.4, 0.5) is 5.69 Å². The van der Waals surface area contributed by atoms with E-state index in [1.165, 1.54) is 13.0 Å². The third kappa shape index (κ3) is 6.74. The summed E-state index contributed by atoms with van der Waals surface area (Å²) < 4.78 is 19.0. The second-order valence-electron chi connectivity index (χ2n) is 10.8. The highest BCUT2D eigenvalue weighted by Crippen LogP contribution is 2.50. The minimum Gasteiger partial charge on any atom is -0.493 e. The summed E-state index contributed by atoms with van der Waals surface area (Å²) in [6.45, 7) is 1.62. The maximum absolute atomic E-state index is 13.8. The molecular formula is C33H38N6O6S. The SMILES string of the molecule is COc1cc2c(c(OC)c1OC)-c1ccc(N[C@H](CCSC)C(=O)NCc3nnc4ccccn34)c(=O)cc1[C@H](NC(C)=O)CC2. The van der Waals surface area contributed by atoms with Crippen LogP contribution in [0.3, 0.4) is 0 Å². The summed E-state index contributed by atoms with van der Waals surface area (Å²) in [4.78, 5) is 39.6. The van der Waals surface area contributed by atoms with Gasteiger partial charge in [0.15, 0.2) is 23.0 Å². The number of hydrogen-bond donors (Lipinski definition) is 3. The van der Waals surface area contributed by atoms with E-state index in [-0.39, 0.29) is 29.5 Å². The number of pyridine rings is 1. The van der Waals surface area contributed by atoms with Crippen LogP contribution < -0.4 is 35.6 Å². The molecule has 0 aliphatic heterocycles. The van der Waals surface area contributed by atoms with Gasteiger partial charge in [0.1, 0.15) is 6.04 Å². The van der Waals surface area contributed by atoms with Gasteiger partial charge in [-0.1, -0.05) is 12.1 Å². The molecule has 1 aliphatic rings. The maximum atomic E-state index is 13.8. The summed E-state index contributed by atoms with van der Waals surface area (Å²) in [6.07, 6.45) is 5.41. The number of carbonyl (C=O) groups is 2. The molecule has 2 aromatic carbocycles. The number of anilines is 1. The zero-order chi connectivity index (χ0) is 32.8. The standard InChI is InChI=1S/C33H38N6O6S/c1-19(40)35-23-11-9-20-16-27(43-2)31(44-3)32(45-4)30(20)21-10-12-24(26(41)17-22(21)23)36-25(13-15-46-5)33(42)34-18-29-38-37-28-8-6-7-14-39(28)29/h6-8,10,12,14,16-17,23,25H,9,11,13,15,18H2,1-5H3,(H,34,42)(H,35,40)(H,36,41)/t23-,25-/m1/s1. The molecule has 3 N–H and O–H groups in total. The van der Waals surface area contributed by atoms with Gasteiger partial charge in [-0.15, -0.1) is 10.2 Å². The van der Waals surface area contributed by atoms with Crippen molar-refractivity contribution in [1.82, 2.24) is 25.2 Å². The van der Waals surface area contributed by atoms with Crippen molar-refractivity contribution in [2.75, 3.05) is 38.7 Å². The summed E-state index contributed by atoms with van der Waals surface area (Å²) in [5.41, 5.74) is 3.65. The van der Waals surface area contributed by atoms with E-state index in [0.717, 1.165) is 11.1 Å². The van der Waals surface area contributed by atoms with Crippen LogP contribution in [0.25, 0.3) is 16.8 Å². The largest absolute Gasteiger partial charge is 0.493 e. The normalized spacial score (nSPS) is 14.3. The van der Waals surface area contributed by atoms with Crippen LogP contribution in [0.1, 0.15) is 42.8 Å². The minimum absolute atomic E-state index is 0.169. The van der Waals surface area contributed by atoms with E-state index in [1.807, 2.05) is 47.2 Å². The predicted octanol–water partition coefficient (Wildman–Crippen LogP) is 3.76. The first kappa shape index (κ1) is 32.6. The second kappa shape index (κ2) is 14.5. The zero-order valence-electron chi connectivity index (χ0n) is 26.5. The fraction of sp³-hybridized carbons (Fsp3) is 0.364. The second-order valence-corrected chi connectivity index (χ2v) is 11.8. The molecule has 2 heterocycles. The average molecular weight is 647 g/mol. The number of aryl methyl sites for hydroxylation is 1. The maximum Gasteiger partial charge on any atom is 0.242 e. The molecule has 0 radical (unpaired) electrons. The summed E-state index contributed by atoms with van der Waals surface area (Å²) >= 11 is 1.61. The average Bonchev–Trinajstić information content (AvgIpc) is 3.33. The van der Waals surface area contributed by atoms with Gasteiger partial charge in [0, 0.05) is 18.7 Å². The van der Waals surface area contributed by atoms with Crippen LogP contribution in [0.5, 0.6) is 17.2 Å². The van der Waals surface area contributed by atoms with Crippen LogP contribution in [-0.4, -0.2) is 65.8 Å². The Morgan fingerprint density at radius 3 is 2.59 bits per heavy atom. The highest BCUT2D eigenvalue weighted by Gasteiger charge is 2.30. The monoisotopic (exact) mass is 646 g/mol. The van der Waals surface area contributed by atoms with Crippen molar-refractivity contribution in [3.8, 4) is 28.4 Å². The Morgan fingerprint density at radius 1 is 1.07 bits per heavy atom. The van der Waals surface area contributed by atoms with E-state index in [9.17, 15) is 14.4 Å². The van der Waals surface area contributed by atoms with Crippen LogP contribution >= 0.6 is 11.8 Å². The van der Waals surface area contributed by atoms with Crippen molar-refractivity contribution < 1.29 is 23.8 Å². The van der Waals surface area contributed by atoms with Gasteiger partial charge in [0.05, 0.1) is 39.6 Å². The van der Waals surface area contributed by atoms with Crippen LogP contribution in [0.15, 0.2) is 53.5 Å². The number of hydrogen-bond acceptors (Lipinski definition) is 10. The fourth-order valence-corrected chi connectivity index (χ4v) is 6.29. The van der Waals surface area contributed by atoms with Crippen LogP contribution in [-0.2, 0) is 22.6 Å². The molecule has 12 nitrogen and oxygen atoms in total. The van der Waals surface area contributed by atoms with E-state index < -0.39 is 12.1 Å². The third-order valence-corrected chi connectivity index (χ3v) is 8.62. The zero-order valence-corrected chi connectivity index (χ0v) is 27.3. The van der Waals surface area contributed by atoms with Crippen molar-refractivity contribution in [2.24, 2.45) is 0 Å². The first-order valence-corrected chi connectivity index (χ1v) is 16.3. The number of carbonyl (C=O) groups excluding carboxylic acids is 2. The summed E-state index contributed by atoms with van der Waals surface area (Å²) in [7, 11) is 4.66. The first-order valence-electron chi connectivity index (χ1n) is 14.9. The Bertz CT molecular complexity index is 1810. The molecule has 46 heavy (non-hydrogen) atoms. The summed E-state index contributed by atoms with van der Waals surface area (Å²) in [5.74, 6) is 2.22. The van der Waals surface area contributed by atoms with E-state index in [4.69, 9.17) is 14.2 Å². The number of ether oxygens (including phenoxy) is 3. The van der Waals surface area contributed by atoms with E-state index in [2.05, 4.69) is 26.1 Å². The van der Waals surface area contributed by atoms with Crippen molar-refractivity contribution in [1.29, 1.82) is 0 Å². The Kier molecular flexibility index (Phi) is 10.3. The van der Waals surface area contributed by atoms with Gasteiger partial charge in [0.25, 0.3) is 0 Å². The molecule has 0 saturated heterocycles. The van der Waals surface area contributed by atoms with E-state index in [1.54, 1.807) is 39.2 Å². The number of fused-ring (bicyclic) bond motifs is 4. The molecular weight excluding hydrogens is 608 g/mol. The smallest absolute Gasteiger partial charge is 0.242 e. The van der Waals surface area contributed by atoms with Gasteiger partial charge in [0.2, 0.25) is 23.0 Å².